The van der Waals surface area contributed by atoms with Crippen LogP contribution in [-0.4, -0.2) is 18.2 Å². The van der Waals surface area contributed by atoms with E-state index in [1.165, 1.54) is 5.56 Å². The Kier molecular flexibility index (Phi) is 6.38. The number of hydrazone groups is 1. The molecule has 2 aromatic carbocycles. The molecule has 0 saturated carbocycles. The van der Waals surface area contributed by atoms with E-state index in [1.54, 1.807) is 37.4 Å². The fourth-order valence-corrected chi connectivity index (χ4v) is 2.21. The molecule has 1 atom stereocenters. The molecule has 24 heavy (non-hydrogen) atoms. The van der Waals surface area contributed by atoms with E-state index in [4.69, 9.17) is 16.3 Å². The summed E-state index contributed by atoms with van der Waals surface area (Å²) in [6.07, 6.45) is 0.928. The molecular formula is C19H21ClN2O2. The van der Waals surface area contributed by atoms with Crippen LogP contribution < -0.4 is 10.2 Å². The van der Waals surface area contributed by atoms with Crippen molar-refractivity contribution in [2.24, 2.45) is 5.10 Å². The Balaban J connectivity index is 1.87. The average Bonchev–Trinajstić information content (AvgIpc) is 2.55. The van der Waals surface area contributed by atoms with Crippen LogP contribution in [-0.2, 0) is 4.79 Å². The summed E-state index contributed by atoms with van der Waals surface area (Å²) in [7, 11) is 0. The SMILES string of the molecule is CC(Oc1cccc(Cl)c1)C(=O)N/N=C/c1ccc(C(C)C)cc1. The summed E-state index contributed by atoms with van der Waals surface area (Å²) in [5, 5.41) is 4.52. The molecule has 2 rings (SSSR count). The van der Waals surface area contributed by atoms with Crippen LogP contribution in [0.3, 0.4) is 0 Å². The van der Waals surface area contributed by atoms with Gasteiger partial charge in [-0.15, -0.1) is 0 Å². The summed E-state index contributed by atoms with van der Waals surface area (Å²) in [5.41, 5.74) is 4.66. The van der Waals surface area contributed by atoms with Gasteiger partial charge in [0.2, 0.25) is 0 Å². The van der Waals surface area contributed by atoms with Crippen LogP contribution >= 0.6 is 11.6 Å². The number of rotatable bonds is 6. The van der Waals surface area contributed by atoms with Crippen LogP contribution in [0.5, 0.6) is 5.75 Å². The number of benzene rings is 2. The molecule has 1 unspecified atom stereocenters. The monoisotopic (exact) mass is 344 g/mol. The molecular weight excluding hydrogens is 324 g/mol. The number of hydrogen-bond acceptors (Lipinski definition) is 3. The van der Waals surface area contributed by atoms with E-state index in [9.17, 15) is 4.79 Å². The zero-order chi connectivity index (χ0) is 17.5. The van der Waals surface area contributed by atoms with Crippen molar-refractivity contribution in [2.75, 3.05) is 0 Å². The number of ether oxygens (including phenoxy) is 1. The van der Waals surface area contributed by atoms with E-state index >= 15 is 0 Å². The number of carbonyl (C=O) groups is 1. The van der Waals surface area contributed by atoms with Gasteiger partial charge in [0.25, 0.3) is 5.91 Å². The van der Waals surface area contributed by atoms with E-state index < -0.39 is 6.10 Å². The predicted molar refractivity (Wildman–Crippen MR) is 97.8 cm³/mol. The minimum absolute atomic E-state index is 0.329. The molecule has 0 radical (unpaired) electrons. The predicted octanol–water partition coefficient (Wildman–Crippen LogP) is 4.38. The quantitative estimate of drug-likeness (QED) is 0.624. The van der Waals surface area contributed by atoms with Gasteiger partial charge in [-0.2, -0.15) is 5.10 Å². The van der Waals surface area contributed by atoms with Crippen molar-refractivity contribution in [3.8, 4) is 5.75 Å². The number of amides is 1. The number of hydrogen-bond donors (Lipinski definition) is 1. The Bertz CT molecular complexity index is 712. The molecule has 0 saturated heterocycles. The second-order valence-corrected chi connectivity index (χ2v) is 6.21. The molecule has 4 nitrogen and oxygen atoms in total. The number of carbonyl (C=O) groups excluding carboxylic acids is 1. The minimum Gasteiger partial charge on any atom is -0.481 e. The highest BCUT2D eigenvalue weighted by molar-refractivity contribution is 6.30. The fourth-order valence-electron chi connectivity index (χ4n) is 2.03. The van der Waals surface area contributed by atoms with Crippen molar-refractivity contribution in [2.45, 2.75) is 32.8 Å². The molecule has 0 aliphatic carbocycles. The van der Waals surface area contributed by atoms with Gasteiger partial charge in [-0.05, 0) is 42.2 Å². The van der Waals surface area contributed by atoms with Crippen LogP contribution in [0.15, 0.2) is 53.6 Å². The molecule has 1 N–H and O–H groups in total. The first kappa shape index (κ1) is 18.0. The van der Waals surface area contributed by atoms with Gasteiger partial charge in [0.15, 0.2) is 6.10 Å². The van der Waals surface area contributed by atoms with Gasteiger partial charge in [0.1, 0.15) is 5.75 Å². The summed E-state index contributed by atoms with van der Waals surface area (Å²) < 4.78 is 5.53. The van der Waals surface area contributed by atoms with Gasteiger partial charge in [-0.25, -0.2) is 5.43 Å². The maximum atomic E-state index is 12.0. The molecule has 1 amide bonds. The lowest BCUT2D eigenvalue weighted by Gasteiger charge is -2.12. The molecule has 0 spiro atoms. The summed E-state index contributed by atoms with van der Waals surface area (Å²) >= 11 is 5.89. The van der Waals surface area contributed by atoms with E-state index in [1.807, 2.05) is 12.1 Å². The van der Waals surface area contributed by atoms with Crippen LogP contribution in [0.2, 0.25) is 5.02 Å². The van der Waals surface area contributed by atoms with Gasteiger partial charge in [0.05, 0.1) is 6.21 Å². The lowest BCUT2D eigenvalue weighted by atomic mass is 10.0. The molecule has 0 bridgehead atoms. The van der Waals surface area contributed by atoms with Crippen LogP contribution in [0.4, 0.5) is 0 Å². The highest BCUT2D eigenvalue weighted by atomic mass is 35.5. The first-order valence-corrected chi connectivity index (χ1v) is 8.18. The van der Waals surface area contributed by atoms with Crippen LogP contribution in [0, 0.1) is 0 Å². The molecule has 0 aliphatic heterocycles. The van der Waals surface area contributed by atoms with Crippen LogP contribution in [0.25, 0.3) is 0 Å². The Morgan fingerprint density at radius 2 is 1.88 bits per heavy atom. The fraction of sp³-hybridized carbons (Fsp3) is 0.263. The van der Waals surface area contributed by atoms with Crippen molar-refractivity contribution in [3.05, 3.63) is 64.7 Å². The standard InChI is InChI=1S/C19H21ClN2O2/c1-13(2)16-9-7-15(8-10-16)12-21-22-19(23)14(3)24-18-6-4-5-17(20)11-18/h4-14H,1-3H3,(H,22,23)/b21-12+. The summed E-state index contributed by atoms with van der Waals surface area (Å²) in [5.74, 6) is 0.698. The molecule has 126 valence electrons. The smallest absolute Gasteiger partial charge is 0.280 e. The summed E-state index contributed by atoms with van der Waals surface area (Å²) in [4.78, 5) is 12.0. The lowest BCUT2D eigenvalue weighted by Crippen LogP contribution is -2.33. The maximum Gasteiger partial charge on any atom is 0.280 e. The number of nitrogens with one attached hydrogen (secondary N) is 1. The van der Waals surface area contributed by atoms with Gasteiger partial charge in [-0.1, -0.05) is 55.8 Å². The molecule has 2 aromatic rings. The first-order valence-electron chi connectivity index (χ1n) is 7.81. The van der Waals surface area contributed by atoms with Crippen molar-refractivity contribution in [1.82, 2.24) is 5.43 Å². The van der Waals surface area contributed by atoms with E-state index in [2.05, 4.69) is 36.5 Å². The topological polar surface area (TPSA) is 50.7 Å². The normalized spacial score (nSPS) is 12.4. The Hall–Kier alpha value is -2.33. The number of halogens is 1. The van der Waals surface area contributed by atoms with Crippen molar-refractivity contribution in [3.63, 3.8) is 0 Å². The molecule has 0 aromatic heterocycles. The maximum absolute atomic E-state index is 12.0. The number of nitrogens with zero attached hydrogens (tertiary/aromatic N) is 1. The average molecular weight is 345 g/mol. The summed E-state index contributed by atoms with van der Waals surface area (Å²) in [6, 6.07) is 15.0. The first-order chi connectivity index (χ1) is 11.5. The van der Waals surface area contributed by atoms with E-state index in [0.717, 1.165) is 5.56 Å². The van der Waals surface area contributed by atoms with Crippen molar-refractivity contribution >= 4 is 23.7 Å². The molecule has 0 fully saturated rings. The van der Waals surface area contributed by atoms with Gasteiger partial charge in [-0.3, -0.25) is 4.79 Å². The van der Waals surface area contributed by atoms with Crippen LogP contribution in [0.1, 0.15) is 37.8 Å². The Morgan fingerprint density at radius 1 is 1.17 bits per heavy atom. The van der Waals surface area contributed by atoms with Gasteiger partial charge < -0.3 is 4.74 Å². The Morgan fingerprint density at radius 3 is 2.50 bits per heavy atom. The molecule has 0 heterocycles. The van der Waals surface area contributed by atoms with Gasteiger partial charge >= 0.3 is 0 Å². The third-order valence-corrected chi connectivity index (χ3v) is 3.70. The van der Waals surface area contributed by atoms with E-state index in [-0.39, 0.29) is 5.91 Å². The third-order valence-electron chi connectivity index (χ3n) is 3.47. The third kappa shape index (κ3) is 5.39. The largest absolute Gasteiger partial charge is 0.481 e. The van der Waals surface area contributed by atoms with Crippen molar-refractivity contribution < 1.29 is 9.53 Å². The molecule has 0 aliphatic rings. The highest BCUT2D eigenvalue weighted by Gasteiger charge is 2.13. The van der Waals surface area contributed by atoms with Gasteiger partial charge in [0, 0.05) is 5.02 Å². The molecule has 5 heteroatoms. The zero-order valence-corrected chi connectivity index (χ0v) is 14.7. The summed E-state index contributed by atoms with van der Waals surface area (Å²) in [6.45, 7) is 5.94. The van der Waals surface area contributed by atoms with E-state index in [0.29, 0.717) is 16.7 Å². The second kappa shape index (κ2) is 8.50. The lowest BCUT2D eigenvalue weighted by molar-refractivity contribution is -0.127. The van der Waals surface area contributed by atoms with Crippen molar-refractivity contribution in [1.29, 1.82) is 0 Å². The highest BCUT2D eigenvalue weighted by Crippen LogP contribution is 2.18. The Labute approximate surface area is 147 Å². The second-order valence-electron chi connectivity index (χ2n) is 5.77. The minimum atomic E-state index is -0.677. The zero-order valence-electron chi connectivity index (χ0n) is 14.0.